The van der Waals surface area contributed by atoms with Gasteiger partial charge in [-0.3, -0.25) is 4.98 Å². The molecule has 1 aromatic carbocycles. The first-order valence-electron chi connectivity index (χ1n) is 5.86. The number of nitrogens with two attached hydrogens (primary N) is 1. The van der Waals surface area contributed by atoms with E-state index >= 15 is 0 Å². The third kappa shape index (κ3) is 2.89. The summed E-state index contributed by atoms with van der Waals surface area (Å²) < 4.78 is 31.2. The Bertz CT molecular complexity index is 729. The fourth-order valence-electron chi connectivity index (χ4n) is 1.60. The molecule has 0 amide bonds. The molecule has 0 bridgehead atoms. The van der Waals surface area contributed by atoms with Gasteiger partial charge < -0.3 is 10.5 Å². The second kappa shape index (κ2) is 5.48. The van der Waals surface area contributed by atoms with Gasteiger partial charge in [0.2, 0.25) is 10.0 Å². The molecule has 2 rings (SSSR count). The Hall–Kier alpha value is -2.12. The number of aromatic nitrogens is 1. The number of anilines is 1. The number of ether oxygens (including phenoxy) is 1. The van der Waals surface area contributed by atoms with Gasteiger partial charge in [-0.2, -0.15) is 0 Å². The molecule has 20 heavy (non-hydrogen) atoms. The Morgan fingerprint density at radius 3 is 2.60 bits per heavy atom. The highest BCUT2D eigenvalue weighted by atomic mass is 32.2. The van der Waals surface area contributed by atoms with Crippen LogP contribution < -0.4 is 15.2 Å². The van der Waals surface area contributed by atoms with Crippen molar-refractivity contribution in [1.29, 1.82) is 0 Å². The number of pyridine rings is 1. The van der Waals surface area contributed by atoms with Crippen molar-refractivity contribution in [2.75, 3.05) is 12.8 Å². The molecule has 0 spiro atoms. The van der Waals surface area contributed by atoms with Gasteiger partial charge in [0.25, 0.3) is 0 Å². The minimum atomic E-state index is -3.52. The number of sulfonamides is 1. The molecule has 6 nitrogen and oxygen atoms in total. The van der Waals surface area contributed by atoms with Crippen molar-refractivity contribution in [2.45, 2.75) is 11.8 Å². The Labute approximate surface area is 117 Å². The minimum Gasteiger partial charge on any atom is -0.453 e. The second-order valence-corrected chi connectivity index (χ2v) is 5.98. The maximum atomic E-state index is 11.7. The monoisotopic (exact) mass is 293 g/mol. The Morgan fingerprint density at radius 2 is 2.00 bits per heavy atom. The Balaban J connectivity index is 2.34. The van der Waals surface area contributed by atoms with Gasteiger partial charge in [0.05, 0.1) is 16.3 Å². The predicted molar refractivity (Wildman–Crippen MR) is 76.1 cm³/mol. The number of nitrogens with zero attached hydrogens (tertiary/aromatic N) is 1. The molecule has 0 aliphatic heterocycles. The number of nitrogen functional groups attached to an aromatic ring is 1. The van der Waals surface area contributed by atoms with Crippen molar-refractivity contribution in [3.05, 3.63) is 42.2 Å². The van der Waals surface area contributed by atoms with E-state index in [0.29, 0.717) is 11.5 Å². The van der Waals surface area contributed by atoms with Crippen molar-refractivity contribution >= 4 is 15.7 Å². The molecule has 0 saturated heterocycles. The summed E-state index contributed by atoms with van der Waals surface area (Å²) in [5, 5.41) is 0. The normalized spacial score (nSPS) is 11.3. The second-order valence-electron chi connectivity index (χ2n) is 4.10. The smallest absolute Gasteiger partial charge is 0.240 e. The maximum Gasteiger partial charge on any atom is 0.240 e. The third-order valence-corrected chi connectivity index (χ3v) is 4.15. The average molecular weight is 293 g/mol. The van der Waals surface area contributed by atoms with Crippen molar-refractivity contribution in [3.8, 4) is 11.5 Å². The maximum absolute atomic E-state index is 11.7. The zero-order valence-corrected chi connectivity index (χ0v) is 11.9. The van der Waals surface area contributed by atoms with Crippen molar-refractivity contribution in [1.82, 2.24) is 9.71 Å². The number of hydrogen-bond donors (Lipinski definition) is 2. The fourth-order valence-corrected chi connectivity index (χ4v) is 2.37. The lowest BCUT2D eigenvalue weighted by Crippen LogP contribution is -2.18. The van der Waals surface area contributed by atoms with E-state index in [1.165, 1.54) is 25.2 Å². The number of nitrogens with one attached hydrogen (secondary N) is 1. The summed E-state index contributed by atoms with van der Waals surface area (Å²) in [6, 6.07) is 7.82. The van der Waals surface area contributed by atoms with Crippen LogP contribution in [-0.2, 0) is 10.0 Å². The molecule has 0 saturated carbocycles. The van der Waals surface area contributed by atoms with Crippen LogP contribution in [0.15, 0.2) is 41.4 Å². The first kappa shape index (κ1) is 14.3. The molecule has 1 heterocycles. The summed E-state index contributed by atoms with van der Waals surface area (Å²) >= 11 is 0. The van der Waals surface area contributed by atoms with Crippen LogP contribution in [0.4, 0.5) is 5.69 Å². The van der Waals surface area contributed by atoms with E-state index in [1.807, 2.05) is 6.92 Å². The van der Waals surface area contributed by atoms with Gasteiger partial charge >= 0.3 is 0 Å². The topological polar surface area (TPSA) is 94.3 Å². The van der Waals surface area contributed by atoms with Crippen LogP contribution in [0.3, 0.4) is 0 Å². The van der Waals surface area contributed by atoms with E-state index in [1.54, 1.807) is 18.3 Å². The number of rotatable bonds is 4. The van der Waals surface area contributed by atoms with Gasteiger partial charge in [0.1, 0.15) is 11.5 Å². The summed E-state index contributed by atoms with van der Waals surface area (Å²) in [4.78, 5) is 4.19. The van der Waals surface area contributed by atoms with Gasteiger partial charge in [-0.15, -0.1) is 0 Å². The molecule has 7 heteroatoms. The lowest BCUT2D eigenvalue weighted by Gasteiger charge is -2.11. The number of aryl methyl sites for hydroxylation is 1. The van der Waals surface area contributed by atoms with E-state index in [4.69, 9.17) is 10.5 Å². The molecule has 0 fully saturated rings. The Morgan fingerprint density at radius 1 is 1.25 bits per heavy atom. The molecule has 2 aromatic rings. The summed E-state index contributed by atoms with van der Waals surface area (Å²) in [6.45, 7) is 1.81. The third-order valence-electron chi connectivity index (χ3n) is 2.74. The van der Waals surface area contributed by atoms with Crippen LogP contribution in [0.2, 0.25) is 0 Å². The summed E-state index contributed by atoms with van der Waals surface area (Å²) in [5.74, 6) is 0.958. The SMILES string of the molecule is CNS(=O)(=O)c1ccc(Oc2cccnc2C)c(N)c1. The van der Waals surface area contributed by atoms with Crippen molar-refractivity contribution < 1.29 is 13.2 Å². The molecule has 0 atom stereocenters. The van der Waals surface area contributed by atoms with Gasteiger partial charge in [-0.1, -0.05) is 0 Å². The molecule has 0 unspecified atom stereocenters. The minimum absolute atomic E-state index is 0.0905. The predicted octanol–water partition coefficient (Wildman–Crippen LogP) is 1.67. The summed E-state index contributed by atoms with van der Waals surface area (Å²) in [6.07, 6.45) is 1.66. The van der Waals surface area contributed by atoms with Gasteiger partial charge in [0, 0.05) is 6.20 Å². The highest BCUT2D eigenvalue weighted by molar-refractivity contribution is 7.89. The van der Waals surface area contributed by atoms with Crippen LogP contribution >= 0.6 is 0 Å². The number of hydrogen-bond acceptors (Lipinski definition) is 5. The van der Waals surface area contributed by atoms with Gasteiger partial charge in [-0.25, -0.2) is 13.1 Å². The highest BCUT2D eigenvalue weighted by Crippen LogP contribution is 2.30. The van der Waals surface area contributed by atoms with Crippen LogP contribution in [0.25, 0.3) is 0 Å². The largest absolute Gasteiger partial charge is 0.453 e. The molecule has 1 aromatic heterocycles. The quantitative estimate of drug-likeness (QED) is 0.836. The molecule has 0 radical (unpaired) electrons. The first-order chi connectivity index (χ1) is 9.44. The molecular formula is C13H15N3O3S. The average Bonchev–Trinajstić information content (AvgIpc) is 2.43. The van der Waals surface area contributed by atoms with Gasteiger partial charge in [-0.05, 0) is 44.3 Å². The first-order valence-corrected chi connectivity index (χ1v) is 7.35. The van der Waals surface area contributed by atoms with Crippen LogP contribution in [0.1, 0.15) is 5.69 Å². The van der Waals surface area contributed by atoms with Crippen LogP contribution in [0.5, 0.6) is 11.5 Å². The lowest BCUT2D eigenvalue weighted by molar-refractivity contribution is 0.477. The van der Waals surface area contributed by atoms with E-state index in [-0.39, 0.29) is 10.6 Å². The molecule has 3 N–H and O–H groups in total. The van der Waals surface area contributed by atoms with Crippen molar-refractivity contribution in [2.24, 2.45) is 0 Å². The van der Waals surface area contributed by atoms with Crippen molar-refractivity contribution in [3.63, 3.8) is 0 Å². The molecule has 106 valence electrons. The van der Waals surface area contributed by atoms with E-state index < -0.39 is 10.0 Å². The molecule has 0 aliphatic rings. The Kier molecular flexibility index (Phi) is 3.91. The zero-order valence-electron chi connectivity index (χ0n) is 11.1. The van der Waals surface area contributed by atoms with E-state index in [2.05, 4.69) is 9.71 Å². The van der Waals surface area contributed by atoms with E-state index in [0.717, 1.165) is 5.69 Å². The highest BCUT2D eigenvalue weighted by Gasteiger charge is 2.14. The molecule has 0 aliphatic carbocycles. The van der Waals surface area contributed by atoms with Gasteiger partial charge in [0.15, 0.2) is 0 Å². The summed E-state index contributed by atoms with van der Waals surface area (Å²) in [7, 11) is -2.17. The molecular weight excluding hydrogens is 278 g/mol. The van der Waals surface area contributed by atoms with E-state index in [9.17, 15) is 8.42 Å². The van der Waals surface area contributed by atoms with Crippen LogP contribution in [-0.4, -0.2) is 20.4 Å². The summed E-state index contributed by atoms with van der Waals surface area (Å²) in [5.41, 5.74) is 6.79. The fraction of sp³-hybridized carbons (Fsp3) is 0.154. The van der Waals surface area contributed by atoms with Crippen LogP contribution in [0, 0.1) is 6.92 Å². The standard InChI is InChI=1S/C13H15N3O3S/c1-9-12(4-3-7-16-9)19-13-6-5-10(8-11(13)14)20(17,18)15-2/h3-8,15H,14H2,1-2H3. The lowest BCUT2D eigenvalue weighted by atomic mass is 10.3. The zero-order chi connectivity index (χ0) is 14.8. The number of benzene rings is 1.